The van der Waals surface area contributed by atoms with Gasteiger partial charge in [0.15, 0.2) is 4.77 Å². The number of benzene rings is 1. The number of anilines is 1. The lowest BCUT2D eigenvalue weighted by Crippen LogP contribution is -2.36. The highest BCUT2D eigenvalue weighted by atomic mass is 32.1. The van der Waals surface area contributed by atoms with Crippen LogP contribution in [0.2, 0.25) is 0 Å². The average Bonchev–Trinajstić information content (AvgIpc) is 2.90. The number of nitrogens with one attached hydrogen (secondary N) is 1. The van der Waals surface area contributed by atoms with Gasteiger partial charge >= 0.3 is 0 Å². The molecule has 1 aromatic carbocycles. The summed E-state index contributed by atoms with van der Waals surface area (Å²) in [6.07, 6.45) is 2.00. The molecule has 1 aliphatic heterocycles. The van der Waals surface area contributed by atoms with E-state index < -0.39 is 0 Å². The van der Waals surface area contributed by atoms with E-state index in [-0.39, 0.29) is 0 Å². The van der Waals surface area contributed by atoms with Crippen molar-refractivity contribution in [1.82, 2.24) is 9.55 Å². The average molecular weight is 303 g/mol. The zero-order valence-electron chi connectivity index (χ0n) is 12.5. The van der Waals surface area contributed by atoms with Crippen molar-refractivity contribution in [2.75, 3.05) is 31.2 Å². The van der Waals surface area contributed by atoms with Crippen LogP contribution < -0.4 is 4.90 Å². The zero-order chi connectivity index (χ0) is 14.8. The smallest absolute Gasteiger partial charge is 0.182 e. The summed E-state index contributed by atoms with van der Waals surface area (Å²) in [4.78, 5) is 5.50. The Balaban J connectivity index is 1.90. The molecule has 5 heteroatoms. The van der Waals surface area contributed by atoms with Gasteiger partial charge in [0, 0.05) is 36.4 Å². The van der Waals surface area contributed by atoms with Gasteiger partial charge < -0.3 is 14.6 Å². The van der Waals surface area contributed by atoms with Gasteiger partial charge in [-0.15, -0.1) is 0 Å². The second-order valence-corrected chi connectivity index (χ2v) is 6.01. The molecule has 1 aromatic heterocycles. The number of hydrogen-bond acceptors (Lipinski definition) is 3. The second-order valence-electron chi connectivity index (χ2n) is 5.62. The molecule has 0 atom stereocenters. The number of imidazole rings is 1. The van der Waals surface area contributed by atoms with Crippen LogP contribution in [0.1, 0.15) is 25.5 Å². The van der Waals surface area contributed by atoms with Crippen LogP contribution in [0.25, 0.3) is 5.69 Å². The van der Waals surface area contributed by atoms with Gasteiger partial charge in [0.05, 0.1) is 13.2 Å². The van der Waals surface area contributed by atoms with Crippen LogP contribution in [-0.2, 0) is 4.74 Å². The number of ether oxygens (including phenoxy) is 1. The van der Waals surface area contributed by atoms with Crippen LogP contribution >= 0.6 is 12.2 Å². The molecule has 0 bridgehead atoms. The molecular weight excluding hydrogens is 282 g/mol. The topological polar surface area (TPSA) is 33.2 Å². The van der Waals surface area contributed by atoms with Crippen molar-refractivity contribution in [3.8, 4) is 5.69 Å². The third-order valence-corrected chi connectivity index (χ3v) is 4.18. The van der Waals surface area contributed by atoms with E-state index in [1.54, 1.807) is 0 Å². The molecule has 0 amide bonds. The van der Waals surface area contributed by atoms with Gasteiger partial charge in [0.2, 0.25) is 0 Å². The Hall–Kier alpha value is -1.59. The number of aromatic nitrogens is 2. The van der Waals surface area contributed by atoms with Crippen LogP contribution in [0, 0.1) is 4.77 Å². The second kappa shape index (κ2) is 6.03. The number of hydrogen-bond donors (Lipinski definition) is 1. The summed E-state index contributed by atoms with van der Waals surface area (Å²) in [5.41, 5.74) is 3.57. The Kier molecular flexibility index (Phi) is 4.12. The van der Waals surface area contributed by atoms with Gasteiger partial charge in [-0.05, 0) is 42.4 Å². The highest BCUT2D eigenvalue weighted by Gasteiger charge is 2.13. The SMILES string of the molecule is CC(C)c1c[nH]c(=S)n1-c1ccc(N2CCOCC2)cc1. The first-order valence-electron chi connectivity index (χ1n) is 7.40. The molecule has 2 heterocycles. The summed E-state index contributed by atoms with van der Waals surface area (Å²) in [6, 6.07) is 8.61. The van der Waals surface area contributed by atoms with Crippen LogP contribution in [0.4, 0.5) is 5.69 Å². The fourth-order valence-corrected chi connectivity index (χ4v) is 2.98. The zero-order valence-corrected chi connectivity index (χ0v) is 13.3. The van der Waals surface area contributed by atoms with Crippen LogP contribution in [0.3, 0.4) is 0 Å². The maximum absolute atomic E-state index is 5.41. The molecule has 112 valence electrons. The molecule has 3 rings (SSSR count). The molecule has 0 aliphatic carbocycles. The molecule has 1 fully saturated rings. The molecule has 0 saturated carbocycles. The molecule has 2 aromatic rings. The minimum absolute atomic E-state index is 0.428. The fraction of sp³-hybridized carbons (Fsp3) is 0.438. The third kappa shape index (κ3) is 2.89. The Bertz CT molecular complexity index is 651. The number of H-pyrrole nitrogens is 1. The number of rotatable bonds is 3. The van der Waals surface area contributed by atoms with E-state index in [1.807, 2.05) is 6.20 Å². The van der Waals surface area contributed by atoms with E-state index >= 15 is 0 Å². The fourth-order valence-electron chi connectivity index (χ4n) is 2.71. The van der Waals surface area contributed by atoms with Crippen molar-refractivity contribution in [3.05, 3.63) is 40.9 Å². The minimum atomic E-state index is 0.428. The van der Waals surface area contributed by atoms with E-state index in [9.17, 15) is 0 Å². The quantitative estimate of drug-likeness (QED) is 0.881. The van der Waals surface area contributed by atoms with Gasteiger partial charge in [-0.1, -0.05) is 13.8 Å². The van der Waals surface area contributed by atoms with E-state index in [4.69, 9.17) is 17.0 Å². The maximum atomic E-state index is 5.41. The maximum Gasteiger partial charge on any atom is 0.182 e. The third-order valence-electron chi connectivity index (χ3n) is 3.88. The van der Waals surface area contributed by atoms with Crippen LogP contribution in [0.5, 0.6) is 0 Å². The number of morpholine rings is 1. The number of aromatic amines is 1. The van der Waals surface area contributed by atoms with E-state index in [0.29, 0.717) is 5.92 Å². The predicted octanol–water partition coefficient (Wildman–Crippen LogP) is 3.49. The molecule has 0 spiro atoms. The first-order chi connectivity index (χ1) is 10.2. The summed E-state index contributed by atoms with van der Waals surface area (Å²) >= 11 is 5.41. The first-order valence-corrected chi connectivity index (χ1v) is 7.81. The highest BCUT2D eigenvalue weighted by molar-refractivity contribution is 7.71. The summed E-state index contributed by atoms with van der Waals surface area (Å²) in [5.74, 6) is 0.428. The first kappa shape index (κ1) is 14.4. The Morgan fingerprint density at radius 2 is 1.71 bits per heavy atom. The molecule has 4 nitrogen and oxygen atoms in total. The van der Waals surface area contributed by atoms with Crippen molar-refractivity contribution in [2.24, 2.45) is 0 Å². The lowest BCUT2D eigenvalue weighted by atomic mass is 10.1. The summed E-state index contributed by atoms with van der Waals surface area (Å²) in [7, 11) is 0. The van der Waals surface area contributed by atoms with Gasteiger partial charge in [-0.3, -0.25) is 4.57 Å². The molecule has 0 unspecified atom stereocenters. The molecule has 1 N–H and O–H groups in total. The van der Waals surface area contributed by atoms with Gasteiger partial charge in [0.1, 0.15) is 0 Å². The van der Waals surface area contributed by atoms with Crippen molar-refractivity contribution in [2.45, 2.75) is 19.8 Å². The minimum Gasteiger partial charge on any atom is -0.378 e. The normalized spacial score (nSPS) is 15.7. The molecule has 1 aliphatic rings. The lowest BCUT2D eigenvalue weighted by molar-refractivity contribution is 0.122. The molecule has 0 radical (unpaired) electrons. The van der Waals surface area contributed by atoms with E-state index in [2.05, 4.69) is 52.6 Å². The Morgan fingerprint density at radius 1 is 1.10 bits per heavy atom. The summed E-state index contributed by atoms with van der Waals surface area (Å²) in [6.45, 7) is 7.89. The van der Waals surface area contributed by atoms with Crippen molar-refractivity contribution in [3.63, 3.8) is 0 Å². The largest absolute Gasteiger partial charge is 0.378 e. The van der Waals surface area contributed by atoms with Crippen LogP contribution in [0.15, 0.2) is 30.5 Å². The van der Waals surface area contributed by atoms with Gasteiger partial charge in [-0.25, -0.2) is 0 Å². The van der Waals surface area contributed by atoms with Gasteiger partial charge in [-0.2, -0.15) is 0 Å². The molecular formula is C16H21N3OS. The summed E-state index contributed by atoms with van der Waals surface area (Å²) < 4.78 is 8.26. The predicted molar refractivity (Wildman–Crippen MR) is 88.1 cm³/mol. The van der Waals surface area contributed by atoms with Gasteiger partial charge in [0.25, 0.3) is 0 Å². The van der Waals surface area contributed by atoms with E-state index in [1.165, 1.54) is 11.4 Å². The lowest BCUT2D eigenvalue weighted by Gasteiger charge is -2.29. The van der Waals surface area contributed by atoms with Crippen molar-refractivity contribution < 1.29 is 4.74 Å². The highest BCUT2D eigenvalue weighted by Crippen LogP contribution is 2.23. The van der Waals surface area contributed by atoms with E-state index in [0.717, 1.165) is 36.8 Å². The summed E-state index contributed by atoms with van der Waals surface area (Å²) in [5, 5.41) is 0. The standard InChI is InChI=1S/C16H21N3OS/c1-12(2)15-11-17-16(21)19(15)14-5-3-13(4-6-14)18-7-9-20-10-8-18/h3-6,11-12H,7-10H2,1-2H3,(H,17,21). The molecule has 1 saturated heterocycles. The molecule has 21 heavy (non-hydrogen) atoms. The Labute approximate surface area is 130 Å². The monoisotopic (exact) mass is 303 g/mol. The van der Waals surface area contributed by atoms with Crippen molar-refractivity contribution >= 4 is 17.9 Å². The van der Waals surface area contributed by atoms with Crippen LogP contribution in [-0.4, -0.2) is 35.9 Å². The number of nitrogens with zero attached hydrogens (tertiary/aromatic N) is 2. The van der Waals surface area contributed by atoms with Crippen molar-refractivity contribution in [1.29, 1.82) is 0 Å². The Morgan fingerprint density at radius 3 is 2.33 bits per heavy atom.